The lowest BCUT2D eigenvalue weighted by molar-refractivity contribution is -0.163. The normalized spacial score (nSPS) is 20.9. The third-order valence-corrected chi connectivity index (χ3v) is 6.60. The standard InChI is InChI=1S/C21H38N2O4/c1-4-6-8-13-18(25)17(5-2)20(14-22,16-11-9-7-10-12-16)21(23,15-24)19(26)27-3/h15-17H,4-14,22-23H2,1-3H3. The smallest absolute Gasteiger partial charge is 0.333 e. The molecule has 1 aliphatic rings. The fourth-order valence-electron chi connectivity index (χ4n) is 5.13. The average Bonchev–Trinajstić information content (AvgIpc) is 2.71. The molecule has 0 radical (unpaired) electrons. The van der Waals surface area contributed by atoms with Gasteiger partial charge in [0.2, 0.25) is 0 Å². The maximum Gasteiger partial charge on any atom is 0.333 e. The molecule has 0 aromatic heterocycles. The Hall–Kier alpha value is -1.27. The van der Waals surface area contributed by atoms with Crippen molar-refractivity contribution in [3.63, 3.8) is 0 Å². The lowest BCUT2D eigenvalue weighted by Crippen LogP contribution is -2.71. The number of rotatable bonds is 12. The van der Waals surface area contributed by atoms with E-state index in [9.17, 15) is 14.4 Å². The van der Waals surface area contributed by atoms with Crippen molar-refractivity contribution in [2.24, 2.45) is 28.7 Å². The summed E-state index contributed by atoms with van der Waals surface area (Å²) in [5.41, 5.74) is 9.70. The number of methoxy groups -OCH3 is 1. The van der Waals surface area contributed by atoms with Crippen LogP contribution in [0.2, 0.25) is 0 Å². The number of unbranched alkanes of at least 4 members (excludes halogenated alkanes) is 2. The Bertz CT molecular complexity index is 504. The predicted octanol–water partition coefficient (Wildman–Crippen LogP) is 2.76. The van der Waals surface area contributed by atoms with Gasteiger partial charge in [-0.3, -0.25) is 4.79 Å². The highest BCUT2D eigenvalue weighted by atomic mass is 16.5. The molecule has 0 saturated heterocycles. The molecule has 3 unspecified atom stereocenters. The van der Waals surface area contributed by atoms with Crippen molar-refractivity contribution in [2.45, 2.75) is 83.6 Å². The van der Waals surface area contributed by atoms with Crippen LogP contribution < -0.4 is 11.5 Å². The van der Waals surface area contributed by atoms with Crippen molar-refractivity contribution in [1.82, 2.24) is 0 Å². The van der Waals surface area contributed by atoms with E-state index < -0.39 is 22.8 Å². The summed E-state index contributed by atoms with van der Waals surface area (Å²) in [7, 11) is 1.22. The zero-order valence-corrected chi connectivity index (χ0v) is 17.3. The summed E-state index contributed by atoms with van der Waals surface area (Å²) < 4.78 is 4.92. The van der Waals surface area contributed by atoms with E-state index in [1.807, 2.05) is 6.92 Å². The SMILES string of the molecule is CCCCCC(=O)C(CC)C(CN)(C1CCCCC1)C(N)(C=O)C(=O)OC. The molecule has 6 nitrogen and oxygen atoms in total. The van der Waals surface area contributed by atoms with Crippen LogP contribution in [0, 0.1) is 17.3 Å². The molecule has 1 rings (SSSR count). The van der Waals surface area contributed by atoms with Crippen molar-refractivity contribution < 1.29 is 19.1 Å². The van der Waals surface area contributed by atoms with E-state index in [2.05, 4.69) is 6.92 Å². The lowest BCUT2D eigenvalue weighted by Gasteiger charge is -2.53. The van der Waals surface area contributed by atoms with E-state index in [1.165, 1.54) is 7.11 Å². The fourth-order valence-corrected chi connectivity index (χ4v) is 5.13. The van der Waals surface area contributed by atoms with Crippen LogP contribution in [0.3, 0.4) is 0 Å². The molecular formula is C21H38N2O4. The molecule has 0 heterocycles. The van der Waals surface area contributed by atoms with Gasteiger partial charge in [0, 0.05) is 24.3 Å². The van der Waals surface area contributed by atoms with Gasteiger partial charge in [-0.05, 0) is 31.6 Å². The zero-order chi connectivity index (χ0) is 20.5. The van der Waals surface area contributed by atoms with Gasteiger partial charge >= 0.3 is 5.97 Å². The van der Waals surface area contributed by atoms with Crippen molar-refractivity contribution in [2.75, 3.05) is 13.7 Å². The Balaban J connectivity index is 3.46. The monoisotopic (exact) mass is 382 g/mol. The Labute approximate surface area is 163 Å². The summed E-state index contributed by atoms with van der Waals surface area (Å²) in [5.74, 6) is -1.32. The molecule has 4 N–H and O–H groups in total. The maximum absolute atomic E-state index is 13.2. The Kier molecular flexibility index (Phi) is 9.60. The van der Waals surface area contributed by atoms with Crippen LogP contribution >= 0.6 is 0 Å². The van der Waals surface area contributed by atoms with E-state index in [1.54, 1.807) is 0 Å². The van der Waals surface area contributed by atoms with Gasteiger partial charge in [0.05, 0.1) is 7.11 Å². The van der Waals surface area contributed by atoms with Gasteiger partial charge in [-0.1, -0.05) is 46.0 Å². The summed E-state index contributed by atoms with van der Waals surface area (Å²) >= 11 is 0. The zero-order valence-electron chi connectivity index (χ0n) is 17.3. The largest absolute Gasteiger partial charge is 0.467 e. The number of Topliss-reactive ketones (excluding diaryl/α,β-unsaturated/α-hetero) is 1. The first kappa shape index (κ1) is 23.8. The summed E-state index contributed by atoms with van der Waals surface area (Å²) in [4.78, 5) is 38.0. The minimum atomic E-state index is -1.92. The number of carbonyl (C=O) groups is 3. The molecule has 27 heavy (non-hydrogen) atoms. The highest BCUT2D eigenvalue weighted by molar-refractivity contribution is 6.00. The molecule has 0 aromatic carbocycles. The number of ketones is 1. The number of hydrogen-bond donors (Lipinski definition) is 2. The third kappa shape index (κ3) is 4.60. The number of aldehydes is 1. The van der Waals surface area contributed by atoms with Crippen LogP contribution in [0.25, 0.3) is 0 Å². The number of ether oxygens (including phenoxy) is 1. The molecule has 3 atom stereocenters. The summed E-state index contributed by atoms with van der Waals surface area (Å²) in [6, 6.07) is 0. The molecule has 0 aromatic rings. The molecule has 0 spiro atoms. The van der Waals surface area contributed by atoms with Crippen LogP contribution in [0.4, 0.5) is 0 Å². The fraction of sp³-hybridized carbons (Fsp3) is 0.857. The molecule has 6 heteroatoms. The molecule has 0 aliphatic heterocycles. The van der Waals surface area contributed by atoms with Gasteiger partial charge in [0.15, 0.2) is 11.8 Å². The second kappa shape index (κ2) is 10.9. The average molecular weight is 383 g/mol. The molecule has 0 bridgehead atoms. The predicted molar refractivity (Wildman–Crippen MR) is 106 cm³/mol. The molecule has 1 fully saturated rings. The van der Waals surface area contributed by atoms with Crippen LogP contribution in [0.15, 0.2) is 0 Å². The molecule has 0 amide bonds. The number of nitrogens with two attached hydrogens (primary N) is 2. The van der Waals surface area contributed by atoms with Crippen LogP contribution in [0.5, 0.6) is 0 Å². The van der Waals surface area contributed by atoms with Crippen molar-refractivity contribution in [3.05, 3.63) is 0 Å². The molecule has 1 aliphatic carbocycles. The van der Waals surface area contributed by atoms with Crippen LogP contribution in [-0.2, 0) is 19.1 Å². The number of carbonyl (C=O) groups excluding carboxylic acids is 3. The Morgan fingerprint density at radius 2 is 1.81 bits per heavy atom. The Morgan fingerprint density at radius 3 is 2.26 bits per heavy atom. The third-order valence-electron chi connectivity index (χ3n) is 6.60. The number of esters is 1. The van der Waals surface area contributed by atoms with E-state index in [0.717, 1.165) is 51.4 Å². The second-order valence-electron chi connectivity index (χ2n) is 7.94. The van der Waals surface area contributed by atoms with E-state index in [-0.39, 0.29) is 18.2 Å². The van der Waals surface area contributed by atoms with E-state index >= 15 is 0 Å². The summed E-state index contributed by atoms with van der Waals surface area (Å²) in [6.45, 7) is 4.01. The second-order valence-corrected chi connectivity index (χ2v) is 7.94. The minimum Gasteiger partial charge on any atom is -0.467 e. The topological polar surface area (TPSA) is 112 Å². The first-order valence-corrected chi connectivity index (χ1v) is 10.5. The Morgan fingerprint density at radius 1 is 1.19 bits per heavy atom. The summed E-state index contributed by atoms with van der Waals surface area (Å²) in [5, 5.41) is 0. The van der Waals surface area contributed by atoms with Gasteiger partial charge < -0.3 is 21.0 Å². The first-order valence-electron chi connectivity index (χ1n) is 10.5. The number of hydrogen-bond acceptors (Lipinski definition) is 6. The maximum atomic E-state index is 13.2. The van der Waals surface area contributed by atoms with Crippen molar-refractivity contribution >= 4 is 18.0 Å². The van der Waals surface area contributed by atoms with E-state index in [0.29, 0.717) is 19.1 Å². The summed E-state index contributed by atoms with van der Waals surface area (Å²) in [6.07, 6.45) is 8.92. The van der Waals surface area contributed by atoms with Gasteiger partial charge in [0.25, 0.3) is 0 Å². The van der Waals surface area contributed by atoms with Crippen LogP contribution in [-0.4, -0.2) is 37.2 Å². The van der Waals surface area contributed by atoms with Crippen molar-refractivity contribution in [1.29, 1.82) is 0 Å². The highest BCUT2D eigenvalue weighted by Gasteiger charge is 2.62. The van der Waals surface area contributed by atoms with Crippen molar-refractivity contribution in [3.8, 4) is 0 Å². The quantitative estimate of drug-likeness (QED) is 0.232. The lowest BCUT2D eigenvalue weighted by atomic mass is 9.51. The minimum absolute atomic E-state index is 0.0139. The molecule has 1 saturated carbocycles. The molecule has 156 valence electrons. The van der Waals surface area contributed by atoms with Gasteiger partial charge in [-0.2, -0.15) is 0 Å². The van der Waals surface area contributed by atoms with Crippen LogP contribution in [0.1, 0.15) is 78.1 Å². The highest BCUT2D eigenvalue weighted by Crippen LogP contribution is 2.51. The van der Waals surface area contributed by atoms with E-state index in [4.69, 9.17) is 16.2 Å². The van der Waals surface area contributed by atoms with Gasteiger partial charge in [-0.15, -0.1) is 0 Å². The van der Waals surface area contributed by atoms with Gasteiger partial charge in [0.1, 0.15) is 5.78 Å². The first-order chi connectivity index (χ1) is 12.9. The molecular weight excluding hydrogens is 344 g/mol. The van der Waals surface area contributed by atoms with Gasteiger partial charge in [-0.25, -0.2) is 4.79 Å².